The Morgan fingerprint density at radius 3 is 2.46 bits per heavy atom. The second kappa shape index (κ2) is 7.40. The van der Waals surface area contributed by atoms with Gasteiger partial charge in [0, 0.05) is 11.0 Å². The molecule has 0 aliphatic carbocycles. The smallest absolute Gasteiger partial charge is 0.323 e. The van der Waals surface area contributed by atoms with Gasteiger partial charge in [-0.05, 0) is 30.3 Å². The summed E-state index contributed by atoms with van der Waals surface area (Å²) >= 11 is 6.33. The number of rotatable bonds is 4. The minimum Gasteiger partial charge on any atom is -0.323 e. The van der Waals surface area contributed by atoms with Crippen LogP contribution in [0.15, 0.2) is 41.3 Å². The molecule has 0 bridgehead atoms. The number of alkyl halides is 3. The fourth-order valence-electron chi connectivity index (χ4n) is 1.74. The molecule has 0 aliphatic rings. The lowest BCUT2D eigenvalue weighted by atomic mass is 10.2. The van der Waals surface area contributed by atoms with Gasteiger partial charge in [0.05, 0.1) is 22.0 Å². The lowest BCUT2D eigenvalue weighted by Gasteiger charge is -2.11. The van der Waals surface area contributed by atoms with E-state index in [9.17, 15) is 26.7 Å². The molecule has 0 spiro atoms. The zero-order valence-corrected chi connectivity index (χ0v) is 13.3. The molecule has 128 valence electrons. The van der Waals surface area contributed by atoms with Crippen LogP contribution in [-0.4, -0.2) is 11.7 Å². The Labute approximate surface area is 143 Å². The van der Waals surface area contributed by atoms with Gasteiger partial charge in [-0.3, -0.25) is 4.79 Å². The van der Waals surface area contributed by atoms with Crippen molar-refractivity contribution < 1.29 is 26.7 Å². The van der Waals surface area contributed by atoms with E-state index in [2.05, 4.69) is 5.32 Å². The third-order valence-electron chi connectivity index (χ3n) is 2.82. The van der Waals surface area contributed by atoms with Crippen LogP contribution in [-0.2, 0) is 11.0 Å². The highest BCUT2D eigenvalue weighted by atomic mass is 35.5. The summed E-state index contributed by atoms with van der Waals surface area (Å²) in [4.78, 5) is 11.9. The van der Waals surface area contributed by atoms with E-state index in [-0.39, 0.29) is 16.3 Å². The molecule has 2 nitrogen and oxygen atoms in total. The predicted octanol–water partition coefficient (Wildman–Crippen LogP) is 5.37. The normalized spacial score (nSPS) is 11.4. The Kier molecular flexibility index (Phi) is 5.71. The summed E-state index contributed by atoms with van der Waals surface area (Å²) in [6, 6.07) is 5.90. The number of carbonyl (C=O) groups excluding carboxylic acids is 1. The molecular weight excluding hydrogens is 373 g/mol. The van der Waals surface area contributed by atoms with Gasteiger partial charge in [0.1, 0.15) is 11.6 Å². The van der Waals surface area contributed by atoms with Crippen molar-refractivity contribution in [2.45, 2.75) is 11.1 Å². The molecule has 0 saturated carbocycles. The monoisotopic (exact) mass is 381 g/mol. The number of hydrogen-bond donors (Lipinski definition) is 1. The second-order valence-electron chi connectivity index (χ2n) is 4.60. The fourth-order valence-corrected chi connectivity index (χ4v) is 2.70. The molecule has 0 aromatic heterocycles. The zero-order chi connectivity index (χ0) is 17.9. The molecule has 9 heteroatoms. The van der Waals surface area contributed by atoms with Crippen LogP contribution in [0, 0.1) is 11.6 Å². The SMILES string of the molecule is O=C(CSc1ccc(Cl)c(C(F)(F)F)c1)Nc1ccc(F)cc1F. The van der Waals surface area contributed by atoms with E-state index >= 15 is 0 Å². The first kappa shape index (κ1) is 18.5. The number of halogens is 6. The summed E-state index contributed by atoms with van der Waals surface area (Å²) in [6.07, 6.45) is -4.60. The summed E-state index contributed by atoms with van der Waals surface area (Å²) in [6.45, 7) is 0. The molecular formula is C15H9ClF5NOS. The Hall–Kier alpha value is -1.80. The van der Waals surface area contributed by atoms with E-state index in [0.717, 1.165) is 36.0 Å². The van der Waals surface area contributed by atoms with Crippen molar-refractivity contribution in [3.05, 3.63) is 58.6 Å². The summed E-state index contributed by atoms with van der Waals surface area (Å²) < 4.78 is 64.4. The van der Waals surface area contributed by atoms with Crippen LogP contribution in [0.1, 0.15) is 5.56 Å². The molecule has 2 aromatic rings. The van der Waals surface area contributed by atoms with Crippen LogP contribution in [0.25, 0.3) is 0 Å². The predicted molar refractivity (Wildman–Crippen MR) is 82.2 cm³/mol. The average Bonchev–Trinajstić information content (AvgIpc) is 2.48. The highest BCUT2D eigenvalue weighted by Gasteiger charge is 2.33. The molecule has 0 heterocycles. The molecule has 1 N–H and O–H groups in total. The van der Waals surface area contributed by atoms with Gasteiger partial charge in [-0.1, -0.05) is 11.6 Å². The Morgan fingerprint density at radius 2 is 1.83 bits per heavy atom. The van der Waals surface area contributed by atoms with Gasteiger partial charge in [0.2, 0.25) is 5.91 Å². The molecule has 0 fully saturated rings. The van der Waals surface area contributed by atoms with Crippen molar-refractivity contribution in [2.75, 3.05) is 11.1 Å². The van der Waals surface area contributed by atoms with Crippen molar-refractivity contribution in [1.82, 2.24) is 0 Å². The Morgan fingerprint density at radius 1 is 1.12 bits per heavy atom. The van der Waals surface area contributed by atoms with Crippen LogP contribution in [0.5, 0.6) is 0 Å². The maximum Gasteiger partial charge on any atom is 0.417 e. The third-order valence-corrected chi connectivity index (χ3v) is 4.14. The highest BCUT2D eigenvalue weighted by molar-refractivity contribution is 8.00. The minimum atomic E-state index is -4.60. The lowest BCUT2D eigenvalue weighted by molar-refractivity contribution is -0.137. The number of nitrogens with one attached hydrogen (secondary N) is 1. The summed E-state index contributed by atoms with van der Waals surface area (Å²) in [5.74, 6) is -2.63. The van der Waals surface area contributed by atoms with Crippen LogP contribution < -0.4 is 5.32 Å². The summed E-state index contributed by atoms with van der Waals surface area (Å²) in [5, 5.41) is 1.77. The van der Waals surface area contributed by atoms with Gasteiger partial charge in [-0.25, -0.2) is 8.78 Å². The standard InChI is InChI=1S/C15H9ClF5NOS/c16-11-3-2-9(6-10(11)15(19,20)21)24-7-14(23)22-13-4-1-8(17)5-12(13)18/h1-6H,7H2,(H,22,23). The molecule has 0 unspecified atom stereocenters. The number of hydrogen-bond acceptors (Lipinski definition) is 2. The van der Waals surface area contributed by atoms with Crippen molar-refractivity contribution in [3.8, 4) is 0 Å². The lowest BCUT2D eigenvalue weighted by Crippen LogP contribution is -2.15. The minimum absolute atomic E-state index is 0.182. The highest BCUT2D eigenvalue weighted by Crippen LogP contribution is 2.37. The number of benzene rings is 2. The second-order valence-corrected chi connectivity index (χ2v) is 6.06. The Bertz CT molecular complexity index is 766. The number of anilines is 1. The third kappa shape index (κ3) is 4.85. The van der Waals surface area contributed by atoms with E-state index in [1.807, 2.05) is 0 Å². The summed E-state index contributed by atoms with van der Waals surface area (Å²) in [5.41, 5.74) is -1.21. The molecule has 2 rings (SSSR count). The molecule has 0 saturated heterocycles. The number of carbonyl (C=O) groups is 1. The molecule has 2 aromatic carbocycles. The van der Waals surface area contributed by atoms with Gasteiger partial charge >= 0.3 is 6.18 Å². The van der Waals surface area contributed by atoms with Gasteiger partial charge in [0.25, 0.3) is 0 Å². The van der Waals surface area contributed by atoms with E-state index < -0.39 is 34.3 Å². The van der Waals surface area contributed by atoms with E-state index in [1.54, 1.807) is 0 Å². The average molecular weight is 382 g/mol. The van der Waals surface area contributed by atoms with Crippen LogP contribution >= 0.6 is 23.4 Å². The van der Waals surface area contributed by atoms with E-state index in [1.165, 1.54) is 6.07 Å². The molecule has 0 radical (unpaired) electrons. The van der Waals surface area contributed by atoms with Crippen molar-refractivity contribution in [1.29, 1.82) is 0 Å². The first-order chi connectivity index (χ1) is 11.2. The zero-order valence-electron chi connectivity index (χ0n) is 11.8. The van der Waals surface area contributed by atoms with Gasteiger partial charge in [-0.15, -0.1) is 11.8 Å². The van der Waals surface area contributed by atoms with Crippen LogP contribution in [0.4, 0.5) is 27.6 Å². The first-order valence-electron chi connectivity index (χ1n) is 6.41. The molecule has 0 aliphatic heterocycles. The number of amides is 1. The first-order valence-corrected chi connectivity index (χ1v) is 7.77. The maximum atomic E-state index is 13.4. The van der Waals surface area contributed by atoms with Gasteiger partial charge in [0.15, 0.2) is 0 Å². The van der Waals surface area contributed by atoms with Crippen LogP contribution in [0.2, 0.25) is 5.02 Å². The van der Waals surface area contributed by atoms with E-state index in [4.69, 9.17) is 11.6 Å². The topological polar surface area (TPSA) is 29.1 Å². The largest absolute Gasteiger partial charge is 0.417 e. The molecule has 0 atom stereocenters. The molecule has 24 heavy (non-hydrogen) atoms. The van der Waals surface area contributed by atoms with Crippen molar-refractivity contribution in [2.24, 2.45) is 0 Å². The molecule has 1 amide bonds. The Balaban J connectivity index is 2.01. The fraction of sp³-hybridized carbons (Fsp3) is 0.133. The van der Waals surface area contributed by atoms with Crippen molar-refractivity contribution in [3.63, 3.8) is 0 Å². The van der Waals surface area contributed by atoms with Crippen LogP contribution in [0.3, 0.4) is 0 Å². The van der Waals surface area contributed by atoms with Gasteiger partial charge in [-0.2, -0.15) is 13.2 Å². The number of thioether (sulfide) groups is 1. The maximum absolute atomic E-state index is 13.4. The van der Waals surface area contributed by atoms with Gasteiger partial charge < -0.3 is 5.32 Å². The van der Waals surface area contributed by atoms with E-state index in [0.29, 0.717) is 6.07 Å². The van der Waals surface area contributed by atoms with Crippen molar-refractivity contribution >= 4 is 35.0 Å². The summed E-state index contributed by atoms with van der Waals surface area (Å²) in [7, 11) is 0. The quantitative estimate of drug-likeness (QED) is 0.570.